The molecule has 0 unspecified atom stereocenters. The Balaban J connectivity index is 1.93. The van der Waals surface area contributed by atoms with E-state index in [1.807, 2.05) is 50.5 Å². The van der Waals surface area contributed by atoms with Crippen LogP contribution in [0, 0.1) is 0 Å². The van der Waals surface area contributed by atoms with Gasteiger partial charge in [0.15, 0.2) is 0 Å². The maximum absolute atomic E-state index is 13.0. The Morgan fingerprint density at radius 2 is 1.89 bits per heavy atom. The lowest BCUT2D eigenvalue weighted by Gasteiger charge is -2.19. The molecule has 2 heterocycles. The van der Waals surface area contributed by atoms with E-state index in [0.717, 1.165) is 11.1 Å². The van der Waals surface area contributed by atoms with Gasteiger partial charge >= 0.3 is 0 Å². The Hall–Kier alpha value is -2.63. The average molecular weight is 399 g/mol. The second kappa shape index (κ2) is 6.83. The summed E-state index contributed by atoms with van der Waals surface area (Å²) in [6, 6.07) is 12.9. The van der Waals surface area contributed by atoms with Crippen LogP contribution in [0.5, 0.6) is 0 Å². The van der Waals surface area contributed by atoms with E-state index in [1.165, 1.54) is 0 Å². The molecule has 27 heavy (non-hydrogen) atoms. The van der Waals surface area contributed by atoms with Crippen LogP contribution in [0.3, 0.4) is 0 Å². The molecular weight excluding hydrogens is 383 g/mol. The number of hydrogen-bond donors (Lipinski definition) is 0. The molecular formula is C20H16Cl2N4O. The van der Waals surface area contributed by atoms with Gasteiger partial charge in [-0.05, 0) is 24.3 Å². The van der Waals surface area contributed by atoms with Gasteiger partial charge in [-0.2, -0.15) is 0 Å². The van der Waals surface area contributed by atoms with Crippen LogP contribution in [0.2, 0.25) is 10.0 Å². The number of benzene rings is 2. The fraction of sp³-hybridized carbons (Fsp3) is 0.150. The second-order valence-electron chi connectivity index (χ2n) is 6.45. The Bertz CT molecular complexity index is 1040. The predicted octanol–water partition coefficient (Wildman–Crippen LogP) is 3.99. The van der Waals surface area contributed by atoms with Crippen LogP contribution < -0.4 is 4.90 Å². The molecule has 0 fully saturated rings. The largest absolute Gasteiger partial charge is 0.382 e. The third kappa shape index (κ3) is 3.13. The SMILES string of the molecule is CN(C)C=C1N=C2CN=C(c3ccccc3Cl)c3cc(Cl)ccc3N2C1=O. The summed E-state index contributed by atoms with van der Waals surface area (Å²) in [5.74, 6) is 0.400. The highest BCUT2D eigenvalue weighted by atomic mass is 35.5. The summed E-state index contributed by atoms with van der Waals surface area (Å²) >= 11 is 12.7. The van der Waals surface area contributed by atoms with E-state index in [2.05, 4.69) is 4.99 Å². The highest BCUT2D eigenvalue weighted by Gasteiger charge is 2.35. The molecule has 5 nitrogen and oxygen atoms in total. The van der Waals surface area contributed by atoms with E-state index in [0.29, 0.717) is 33.0 Å². The number of hydrogen-bond acceptors (Lipinski definition) is 4. The molecule has 4 rings (SSSR count). The molecule has 0 radical (unpaired) electrons. The number of amides is 1. The first-order valence-corrected chi connectivity index (χ1v) is 9.11. The van der Waals surface area contributed by atoms with Crippen LogP contribution in [-0.4, -0.2) is 43.0 Å². The number of carbonyl (C=O) groups excluding carboxylic acids is 1. The number of anilines is 1. The number of fused-ring (bicyclic) bond motifs is 3. The summed E-state index contributed by atoms with van der Waals surface area (Å²) in [5, 5.41) is 1.15. The van der Waals surface area contributed by atoms with Crippen molar-refractivity contribution >= 4 is 46.3 Å². The topological polar surface area (TPSA) is 48.3 Å². The quantitative estimate of drug-likeness (QED) is 0.717. The van der Waals surface area contributed by atoms with Gasteiger partial charge in [0.1, 0.15) is 11.5 Å². The van der Waals surface area contributed by atoms with E-state index < -0.39 is 0 Å². The molecule has 7 heteroatoms. The van der Waals surface area contributed by atoms with Gasteiger partial charge in [-0.1, -0.05) is 41.4 Å². The zero-order chi connectivity index (χ0) is 19.1. The maximum Gasteiger partial charge on any atom is 0.284 e. The molecule has 0 atom stereocenters. The van der Waals surface area contributed by atoms with Crippen LogP contribution in [0.25, 0.3) is 0 Å². The van der Waals surface area contributed by atoms with Gasteiger partial charge in [0.25, 0.3) is 5.91 Å². The van der Waals surface area contributed by atoms with Crippen molar-refractivity contribution in [3.05, 3.63) is 75.5 Å². The minimum Gasteiger partial charge on any atom is -0.382 e. The van der Waals surface area contributed by atoms with Crippen LogP contribution >= 0.6 is 23.2 Å². The van der Waals surface area contributed by atoms with E-state index in [9.17, 15) is 4.79 Å². The first-order valence-electron chi connectivity index (χ1n) is 8.35. The molecule has 0 aliphatic carbocycles. The van der Waals surface area contributed by atoms with Crippen molar-refractivity contribution in [2.45, 2.75) is 0 Å². The van der Waals surface area contributed by atoms with Crippen molar-refractivity contribution in [3.63, 3.8) is 0 Å². The number of amidine groups is 1. The molecule has 0 saturated carbocycles. The molecule has 0 saturated heterocycles. The lowest BCUT2D eigenvalue weighted by molar-refractivity contribution is -0.114. The molecule has 0 aromatic heterocycles. The number of aliphatic imine (C=N–C) groups is 2. The molecule has 2 aromatic rings. The van der Waals surface area contributed by atoms with Gasteiger partial charge in [0, 0.05) is 41.5 Å². The first kappa shape index (κ1) is 17.8. The van der Waals surface area contributed by atoms with E-state index >= 15 is 0 Å². The van der Waals surface area contributed by atoms with Gasteiger partial charge in [0.05, 0.1) is 17.9 Å². The molecule has 2 aliphatic heterocycles. The lowest BCUT2D eigenvalue weighted by Crippen LogP contribution is -2.33. The summed E-state index contributed by atoms with van der Waals surface area (Å²) in [6.07, 6.45) is 1.71. The lowest BCUT2D eigenvalue weighted by atomic mass is 10.00. The van der Waals surface area contributed by atoms with Gasteiger partial charge in [-0.3, -0.25) is 14.7 Å². The predicted molar refractivity (Wildman–Crippen MR) is 110 cm³/mol. The van der Waals surface area contributed by atoms with Crippen molar-refractivity contribution in [2.24, 2.45) is 9.98 Å². The molecule has 2 aromatic carbocycles. The highest BCUT2D eigenvalue weighted by Crippen LogP contribution is 2.34. The van der Waals surface area contributed by atoms with Crippen molar-refractivity contribution in [1.29, 1.82) is 0 Å². The van der Waals surface area contributed by atoms with Crippen LogP contribution in [-0.2, 0) is 4.79 Å². The van der Waals surface area contributed by atoms with Crippen molar-refractivity contribution < 1.29 is 4.79 Å². The third-order valence-corrected chi connectivity index (χ3v) is 4.84. The highest BCUT2D eigenvalue weighted by molar-refractivity contribution is 6.38. The van der Waals surface area contributed by atoms with Crippen molar-refractivity contribution in [1.82, 2.24) is 4.90 Å². The fourth-order valence-electron chi connectivity index (χ4n) is 3.16. The van der Waals surface area contributed by atoms with E-state index in [-0.39, 0.29) is 12.5 Å². The second-order valence-corrected chi connectivity index (χ2v) is 7.30. The minimum atomic E-state index is -0.183. The third-order valence-electron chi connectivity index (χ3n) is 4.27. The monoisotopic (exact) mass is 398 g/mol. The summed E-state index contributed by atoms with van der Waals surface area (Å²) < 4.78 is 0. The Morgan fingerprint density at radius 1 is 1.11 bits per heavy atom. The van der Waals surface area contributed by atoms with Crippen LogP contribution in [0.1, 0.15) is 11.1 Å². The number of nitrogens with zero attached hydrogens (tertiary/aromatic N) is 4. The van der Waals surface area contributed by atoms with E-state index in [4.69, 9.17) is 28.2 Å². The smallest absolute Gasteiger partial charge is 0.284 e. The van der Waals surface area contributed by atoms with Gasteiger partial charge < -0.3 is 4.90 Å². The fourth-order valence-corrected chi connectivity index (χ4v) is 3.56. The zero-order valence-electron chi connectivity index (χ0n) is 14.8. The van der Waals surface area contributed by atoms with Crippen molar-refractivity contribution in [3.8, 4) is 0 Å². The standard InChI is InChI=1S/C20H16Cl2N4O/c1-25(2)11-16-20(27)26-17-8-7-12(21)9-14(17)19(23-10-18(26)24-16)13-5-3-4-6-15(13)22/h3-9,11H,10H2,1-2H3. The Kier molecular flexibility index (Phi) is 4.50. The molecule has 0 bridgehead atoms. The molecule has 136 valence electrons. The van der Waals surface area contributed by atoms with Crippen molar-refractivity contribution in [2.75, 3.05) is 25.5 Å². The first-order chi connectivity index (χ1) is 13.0. The minimum absolute atomic E-state index is 0.183. The number of carbonyl (C=O) groups is 1. The maximum atomic E-state index is 13.0. The van der Waals surface area contributed by atoms with Gasteiger partial charge in [-0.25, -0.2) is 4.99 Å². The zero-order valence-corrected chi connectivity index (χ0v) is 16.3. The Labute approximate surface area is 167 Å². The average Bonchev–Trinajstić information content (AvgIpc) is 2.83. The van der Waals surface area contributed by atoms with E-state index in [1.54, 1.807) is 22.1 Å². The van der Waals surface area contributed by atoms with Crippen LogP contribution in [0.4, 0.5) is 5.69 Å². The summed E-state index contributed by atoms with van der Waals surface area (Å²) in [6.45, 7) is 0.267. The summed E-state index contributed by atoms with van der Waals surface area (Å²) in [4.78, 5) is 25.6. The summed E-state index contributed by atoms with van der Waals surface area (Å²) in [7, 11) is 3.71. The molecule has 0 spiro atoms. The molecule has 1 amide bonds. The molecule has 0 N–H and O–H groups in total. The summed E-state index contributed by atoms with van der Waals surface area (Å²) in [5.41, 5.74) is 3.32. The molecule has 2 aliphatic rings. The van der Waals surface area contributed by atoms with Crippen LogP contribution in [0.15, 0.2) is 64.3 Å². The Morgan fingerprint density at radius 3 is 2.63 bits per heavy atom. The number of halogens is 2. The normalized spacial score (nSPS) is 17.3. The number of rotatable bonds is 2. The van der Waals surface area contributed by atoms with Gasteiger partial charge in [-0.15, -0.1) is 0 Å². The van der Waals surface area contributed by atoms with Gasteiger partial charge in [0.2, 0.25) is 0 Å².